The van der Waals surface area contributed by atoms with Gasteiger partial charge in [-0.1, -0.05) is 131 Å². The van der Waals surface area contributed by atoms with Crippen molar-refractivity contribution in [1.82, 2.24) is 4.90 Å². The van der Waals surface area contributed by atoms with Gasteiger partial charge in [-0.2, -0.15) is 0 Å². The minimum atomic E-state index is -1.75. The molecule has 400 valence electrons. The van der Waals surface area contributed by atoms with Gasteiger partial charge in [0.05, 0.1) is 12.5 Å². The molecule has 6 saturated carbocycles. The van der Waals surface area contributed by atoms with Gasteiger partial charge in [-0.05, 0) is 183 Å². The molecule has 0 amide bonds. The van der Waals surface area contributed by atoms with Crippen molar-refractivity contribution >= 4 is 17.9 Å². The van der Waals surface area contributed by atoms with Crippen molar-refractivity contribution in [3.63, 3.8) is 0 Å². The number of carbonyl (C=O) groups excluding carboxylic acids is 3. The molecule has 8 aliphatic carbocycles. The lowest BCUT2D eigenvalue weighted by molar-refractivity contribution is -0.187. The second-order valence-electron chi connectivity index (χ2n) is 28.2. The van der Waals surface area contributed by atoms with Crippen molar-refractivity contribution in [1.29, 1.82) is 0 Å². The molecule has 1 saturated heterocycles. The van der Waals surface area contributed by atoms with Gasteiger partial charge in [0, 0.05) is 32.5 Å². The van der Waals surface area contributed by atoms with E-state index in [4.69, 9.17) is 14.2 Å². The van der Waals surface area contributed by atoms with Gasteiger partial charge in [-0.25, -0.2) is 9.59 Å². The number of aliphatic hydroxyl groups excluding tert-OH is 1. The number of β-amino-alcohol motifs (C(OH)–C–C–N with tert-alkyl or cyclic N) is 1. The van der Waals surface area contributed by atoms with Crippen molar-refractivity contribution in [2.24, 2.45) is 92.7 Å². The molecular formula is C63H101NO7. The van der Waals surface area contributed by atoms with Gasteiger partial charge >= 0.3 is 17.9 Å². The molecule has 8 heteroatoms. The van der Waals surface area contributed by atoms with Crippen LogP contribution < -0.4 is 0 Å². The van der Waals surface area contributed by atoms with Crippen LogP contribution in [-0.4, -0.2) is 72.0 Å². The van der Waals surface area contributed by atoms with Crippen LogP contribution in [0.15, 0.2) is 23.3 Å². The van der Waals surface area contributed by atoms with Gasteiger partial charge in [0.25, 0.3) is 6.10 Å². The van der Waals surface area contributed by atoms with E-state index >= 15 is 0 Å². The SMILES string of the molecule is CC(C)CCC[C@@H](C)[C@H]1CC[C@H]2[C@@H]3CC=C4C[C@@H](OC(=O)C(OC(=O)CCN5CC(O)C5)C(=O)O[C@H]5CC[C@@]6(C)C(=CC[C@H]7[C@@H]8CC[C@H]([C@H](C)CCCC(C)C)[C@@]8(C)CC[C@@H]76)C5)CC[C@]4(C)[C@H]3CC[C@]12C. The van der Waals surface area contributed by atoms with E-state index in [1.54, 1.807) is 0 Å². The van der Waals surface area contributed by atoms with Crippen LogP contribution in [0.1, 0.15) is 217 Å². The third-order valence-electron chi connectivity index (χ3n) is 23.3. The zero-order valence-electron chi connectivity index (χ0n) is 46.6. The molecule has 16 atom stereocenters. The number of hydrogen-bond donors (Lipinski definition) is 1. The fraction of sp³-hybridized carbons (Fsp3) is 0.889. The molecule has 9 rings (SSSR count). The molecule has 8 nitrogen and oxygen atoms in total. The molecule has 0 aromatic carbocycles. The third-order valence-corrected chi connectivity index (χ3v) is 23.3. The Kier molecular flexibility index (Phi) is 16.2. The van der Waals surface area contributed by atoms with Crippen LogP contribution >= 0.6 is 0 Å². The topological polar surface area (TPSA) is 102 Å². The average Bonchev–Trinajstić information content (AvgIpc) is 3.86. The maximum absolute atomic E-state index is 14.3. The summed E-state index contributed by atoms with van der Waals surface area (Å²) >= 11 is 0. The summed E-state index contributed by atoms with van der Waals surface area (Å²) in [6.45, 7) is 26.2. The van der Waals surface area contributed by atoms with Crippen LogP contribution in [-0.2, 0) is 28.6 Å². The lowest BCUT2D eigenvalue weighted by Crippen LogP contribution is -2.52. The molecule has 1 heterocycles. The van der Waals surface area contributed by atoms with Gasteiger partial charge in [-0.3, -0.25) is 9.69 Å². The van der Waals surface area contributed by atoms with Crippen molar-refractivity contribution in [2.45, 2.75) is 241 Å². The molecule has 71 heavy (non-hydrogen) atoms. The van der Waals surface area contributed by atoms with Crippen LogP contribution in [0.4, 0.5) is 0 Å². The molecule has 0 unspecified atom stereocenters. The molecule has 9 aliphatic rings. The maximum atomic E-state index is 14.3. The summed E-state index contributed by atoms with van der Waals surface area (Å²) in [5.74, 6) is 6.87. The van der Waals surface area contributed by atoms with E-state index in [1.807, 2.05) is 4.90 Å². The number of nitrogens with zero attached hydrogens (tertiary/aromatic N) is 1. The van der Waals surface area contributed by atoms with Crippen molar-refractivity contribution < 1.29 is 33.7 Å². The number of allylic oxidation sites excluding steroid dienone is 2. The van der Waals surface area contributed by atoms with Gasteiger partial charge in [0.1, 0.15) is 12.2 Å². The summed E-state index contributed by atoms with van der Waals surface area (Å²) in [6, 6.07) is 0. The van der Waals surface area contributed by atoms with Gasteiger partial charge in [0.15, 0.2) is 0 Å². The standard InChI is InChI=1S/C63H101NO7/c1-39(2)13-11-15-41(5)50-21-23-52-48-19-17-43-35-46(25-30-60(43,7)54(48)27-32-62(50,52)9)69-58(67)57(71-56(66)29-34-64-37-45(65)38-64)59(68)70-47-26-31-61(8)44(36-47)18-20-49-53-24-22-51(42(6)16-12-14-40(3)4)63(53,10)33-28-55(49)61/h17-18,39-42,45-55,57,65H,11-16,19-38H2,1-10H3/t41-,42-,46+,47+,48+,49+,50-,51-,52+,53+,54+,55+,60+,61+,62-,63-/m1/s1. The van der Waals surface area contributed by atoms with Crippen molar-refractivity contribution in [3.05, 3.63) is 23.3 Å². The van der Waals surface area contributed by atoms with Gasteiger partial charge < -0.3 is 19.3 Å². The first kappa shape index (κ1) is 53.6. The fourth-order valence-electron chi connectivity index (χ4n) is 19.3. The Balaban J connectivity index is 0.830. The summed E-state index contributed by atoms with van der Waals surface area (Å²) < 4.78 is 18.4. The monoisotopic (exact) mass is 984 g/mol. The van der Waals surface area contributed by atoms with Crippen LogP contribution in [0, 0.1) is 92.7 Å². The first-order chi connectivity index (χ1) is 33.7. The number of rotatable bonds is 18. The fourth-order valence-corrected chi connectivity index (χ4v) is 19.3. The van der Waals surface area contributed by atoms with E-state index in [0.717, 1.165) is 85.9 Å². The van der Waals surface area contributed by atoms with Gasteiger partial charge in [-0.15, -0.1) is 0 Å². The first-order valence-corrected chi connectivity index (χ1v) is 30.1. The van der Waals surface area contributed by atoms with Crippen LogP contribution in [0.5, 0.6) is 0 Å². The number of hydrogen-bond acceptors (Lipinski definition) is 8. The Hall–Kier alpha value is -2.19. The predicted molar refractivity (Wildman–Crippen MR) is 283 cm³/mol. The number of fused-ring (bicyclic) bond motifs is 10. The molecule has 0 radical (unpaired) electrons. The molecule has 0 spiro atoms. The Morgan fingerprint density at radius 1 is 0.606 bits per heavy atom. The maximum Gasteiger partial charge on any atom is 0.359 e. The van der Waals surface area contributed by atoms with E-state index in [2.05, 4.69) is 81.4 Å². The van der Waals surface area contributed by atoms with E-state index in [1.165, 1.54) is 101 Å². The number of aliphatic hydroxyl groups is 1. The normalized spacial score (nSPS) is 41.1. The largest absolute Gasteiger partial charge is 0.459 e. The highest BCUT2D eigenvalue weighted by Gasteiger charge is 2.61. The summed E-state index contributed by atoms with van der Waals surface area (Å²) in [6.07, 6.45) is 28.0. The van der Waals surface area contributed by atoms with Crippen molar-refractivity contribution in [2.75, 3.05) is 19.6 Å². The molecule has 0 aromatic rings. The molecule has 0 bridgehead atoms. The molecule has 0 aromatic heterocycles. The number of likely N-dealkylation sites (tertiary alicyclic amines) is 1. The van der Waals surface area contributed by atoms with E-state index < -0.39 is 24.0 Å². The Morgan fingerprint density at radius 3 is 1.48 bits per heavy atom. The third kappa shape index (κ3) is 10.6. The average molecular weight is 985 g/mol. The lowest BCUT2D eigenvalue weighted by atomic mass is 9.47. The lowest BCUT2D eigenvalue weighted by Gasteiger charge is -2.58. The predicted octanol–water partition coefficient (Wildman–Crippen LogP) is 13.9. The van der Waals surface area contributed by atoms with Crippen LogP contribution in [0.2, 0.25) is 0 Å². The second-order valence-corrected chi connectivity index (χ2v) is 28.2. The van der Waals surface area contributed by atoms with E-state index in [-0.39, 0.29) is 35.6 Å². The smallest absolute Gasteiger partial charge is 0.359 e. The quantitative estimate of drug-likeness (QED) is 0.0627. The van der Waals surface area contributed by atoms with Crippen molar-refractivity contribution in [3.8, 4) is 0 Å². The minimum Gasteiger partial charge on any atom is -0.459 e. The Labute approximate surface area is 431 Å². The van der Waals surface area contributed by atoms with Crippen LogP contribution in [0.3, 0.4) is 0 Å². The highest BCUT2D eigenvalue weighted by atomic mass is 16.6. The summed E-state index contributed by atoms with van der Waals surface area (Å²) in [5.41, 5.74) is 3.89. The van der Waals surface area contributed by atoms with Crippen LogP contribution in [0.25, 0.3) is 0 Å². The molecular weight excluding hydrogens is 883 g/mol. The minimum absolute atomic E-state index is 0.0217. The molecule has 1 aliphatic heterocycles. The zero-order chi connectivity index (χ0) is 50.6. The second kappa shape index (κ2) is 21.4. The number of ether oxygens (including phenoxy) is 3. The summed E-state index contributed by atoms with van der Waals surface area (Å²) in [4.78, 5) is 44.0. The van der Waals surface area contributed by atoms with Gasteiger partial charge in [0.2, 0.25) is 0 Å². The Bertz CT molecular complexity index is 1850. The zero-order valence-corrected chi connectivity index (χ0v) is 46.6. The highest BCUT2D eigenvalue weighted by Crippen LogP contribution is 2.69. The highest BCUT2D eigenvalue weighted by molar-refractivity contribution is 6.00. The summed E-state index contributed by atoms with van der Waals surface area (Å²) in [5, 5.41) is 9.81. The first-order valence-electron chi connectivity index (χ1n) is 30.1. The van der Waals surface area contributed by atoms with E-state index in [9.17, 15) is 19.5 Å². The van der Waals surface area contributed by atoms with E-state index in [0.29, 0.717) is 67.0 Å². The molecule has 7 fully saturated rings. The molecule has 1 N–H and O–H groups in total. The summed E-state index contributed by atoms with van der Waals surface area (Å²) in [7, 11) is 0. The number of esters is 3. The Morgan fingerprint density at radius 2 is 1.06 bits per heavy atom. The number of carbonyl (C=O) groups is 3.